The Hall–Kier alpha value is -2.09. The minimum Gasteiger partial charge on any atom is -0.482 e. The van der Waals surface area contributed by atoms with Gasteiger partial charge < -0.3 is 4.74 Å². The summed E-state index contributed by atoms with van der Waals surface area (Å²) in [6.45, 7) is 7.70. The van der Waals surface area contributed by atoms with E-state index in [9.17, 15) is 4.79 Å². The van der Waals surface area contributed by atoms with Gasteiger partial charge in [-0.2, -0.15) is 0 Å². The van der Waals surface area contributed by atoms with Crippen molar-refractivity contribution in [2.75, 3.05) is 0 Å². The second-order valence-electron chi connectivity index (χ2n) is 5.99. The minimum absolute atomic E-state index is 0.0672. The van der Waals surface area contributed by atoms with Crippen molar-refractivity contribution in [3.63, 3.8) is 0 Å². The molecule has 1 aliphatic heterocycles. The Morgan fingerprint density at radius 3 is 2.65 bits per heavy atom. The highest BCUT2D eigenvalue weighted by molar-refractivity contribution is 6.05. The van der Waals surface area contributed by atoms with Crippen LogP contribution >= 0.6 is 0 Å². The lowest BCUT2D eigenvalue weighted by Crippen LogP contribution is -2.28. The molecule has 2 heteroatoms. The van der Waals surface area contributed by atoms with Gasteiger partial charge in [0.2, 0.25) is 0 Å². The highest BCUT2D eigenvalue weighted by Gasteiger charge is 2.26. The number of Topliss-reactive ketones (excluding diaryl/α,β-unsaturated/α-hetero) is 1. The van der Waals surface area contributed by atoms with Gasteiger partial charge in [0.15, 0.2) is 5.78 Å². The number of fused-ring (bicyclic) bond motifs is 3. The maximum atomic E-state index is 11.9. The fraction of sp³-hybridized carbons (Fsp3) is 0.278. The topological polar surface area (TPSA) is 26.3 Å². The van der Waals surface area contributed by atoms with E-state index < -0.39 is 0 Å². The Kier molecular flexibility index (Phi) is 2.72. The zero-order valence-electron chi connectivity index (χ0n) is 12.3. The maximum Gasteiger partial charge on any atom is 0.160 e. The fourth-order valence-corrected chi connectivity index (χ4v) is 2.66. The number of carbonyl (C=O) groups is 1. The summed E-state index contributed by atoms with van der Waals surface area (Å²) < 4.78 is 6.12. The molecule has 0 aliphatic carbocycles. The number of rotatable bonds is 1. The summed E-state index contributed by atoms with van der Waals surface area (Å²) in [5.74, 6) is 0.887. The fourth-order valence-electron chi connectivity index (χ4n) is 2.66. The molecule has 2 nitrogen and oxygen atoms in total. The summed E-state index contributed by atoms with van der Waals surface area (Å²) in [4.78, 5) is 11.9. The van der Waals surface area contributed by atoms with Crippen LogP contribution in [0.4, 0.5) is 0 Å². The molecule has 0 spiro atoms. The third kappa shape index (κ3) is 2.01. The molecule has 0 saturated carbocycles. The number of ether oxygens (including phenoxy) is 1. The lowest BCUT2D eigenvalue weighted by molar-refractivity contribution is 0.101. The molecule has 1 heterocycles. The molecule has 0 saturated heterocycles. The van der Waals surface area contributed by atoms with Crippen LogP contribution < -0.4 is 4.74 Å². The van der Waals surface area contributed by atoms with Gasteiger partial charge in [0, 0.05) is 16.5 Å². The number of hydrogen-bond donors (Lipinski definition) is 0. The van der Waals surface area contributed by atoms with E-state index in [1.54, 1.807) is 6.92 Å². The summed E-state index contributed by atoms with van der Waals surface area (Å²) in [5, 5.41) is 2.12. The van der Waals surface area contributed by atoms with Crippen LogP contribution in [-0.2, 0) is 0 Å². The van der Waals surface area contributed by atoms with Crippen LogP contribution in [0.15, 0.2) is 30.3 Å². The number of aryl methyl sites for hydroxylation is 1. The minimum atomic E-state index is -0.347. The summed E-state index contributed by atoms with van der Waals surface area (Å²) in [7, 11) is 0. The lowest BCUT2D eigenvalue weighted by atomic mass is 9.92. The highest BCUT2D eigenvalue weighted by Crippen LogP contribution is 2.40. The molecule has 20 heavy (non-hydrogen) atoms. The largest absolute Gasteiger partial charge is 0.482 e. The zero-order chi connectivity index (χ0) is 14.5. The maximum absolute atomic E-state index is 11.9. The van der Waals surface area contributed by atoms with E-state index in [0.29, 0.717) is 0 Å². The van der Waals surface area contributed by atoms with E-state index in [0.717, 1.165) is 27.6 Å². The molecule has 0 unspecified atom stereocenters. The molecule has 0 aromatic heterocycles. The number of benzene rings is 2. The van der Waals surface area contributed by atoms with Crippen molar-refractivity contribution >= 4 is 22.6 Å². The van der Waals surface area contributed by atoms with Crippen LogP contribution in [0.5, 0.6) is 5.75 Å². The molecule has 0 radical (unpaired) electrons. The van der Waals surface area contributed by atoms with Crippen molar-refractivity contribution in [2.45, 2.75) is 33.3 Å². The summed E-state index contributed by atoms with van der Waals surface area (Å²) in [6, 6.07) is 8.21. The van der Waals surface area contributed by atoms with E-state index >= 15 is 0 Å². The van der Waals surface area contributed by atoms with Gasteiger partial charge in [-0.25, -0.2) is 0 Å². The molecule has 102 valence electrons. The summed E-state index contributed by atoms with van der Waals surface area (Å²) >= 11 is 0. The Morgan fingerprint density at radius 2 is 1.95 bits per heavy atom. The molecule has 2 aromatic rings. The van der Waals surface area contributed by atoms with Gasteiger partial charge in [0.05, 0.1) is 0 Å². The first-order chi connectivity index (χ1) is 9.37. The second-order valence-corrected chi connectivity index (χ2v) is 5.99. The Bertz CT molecular complexity index is 752. The molecule has 0 fully saturated rings. The van der Waals surface area contributed by atoms with E-state index in [4.69, 9.17) is 4.74 Å². The molecule has 0 amide bonds. The van der Waals surface area contributed by atoms with E-state index in [1.807, 2.05) is 32.1 Å². The standard InChI is InChI=1S/C18H18O2/c1-11-5-6-14-13(9-11)10-16(12(2)19)15-7-8-18(3,4)20-17(14)15/h5-10H,1-4H3. The van der Waals surface area contributed by atoms with Crippen LogP contribution in [0.3, 0.4) is 0 Å². The smallest absolute Gasteiger partial charge is 0.160 e. The third-order valence-electron chi connectivity index (χ3n) is 3.68. The van der Waals surface area contributed by atoms with Gasteiger partial charge in [-0.15, -0.1) is 0 Å². The Balaban J connectivity index is 2.40. The first-order valence-corrected chi connectivity index (χ1v) is 6.84. The van der Waals surface area contributed by atoms with E-state index in [2.05, 4.69) is 25.1 Å². The summed E-state index contributed by atoms with van der Waals surface area (Å²) in [6.07, 6.45) is 4.01. The van der Waals surface area contributed by atoms with Crippen molar-refractivity contribution in [3.8, 4) is 5.75 Å². The Morgan fingerprint density at radius 1 is 1.20 bits per heavy atom. The molecule has 2 aromatic carbocycles. The van der Waals surface area contributed by atoms with Crippen LogP contribution in [0, 0.1) is 6.92 Å². The van der Waals surface area contributed by atoms with Crippen LogP contribution in [0.2, 0.25) is 0 Å². The first kappa shape index (κ1) is 12.9. The van der Waals surface area contributed by atoms with Crippen molar-refractivity contribution in [1.82, 2.24) is 0 Å². The van der Waals surface area contributed by atoms with Crippen LogP contribution in [-0.4, -0.2) is 11.4 Å². The number of ketones is 1. The van der Waals surface area contributed by atoms with Gasteiger partial charge in [-0.05, 0) is 45.2 Å². The lowest BCUT2D eigenvalue weighted by Gasteiger charge is -2.29. The highest BCUT2D eigenvalue weighted by atomic mass is 16.5. The van der Waals surface area contributed by atoms with E-state index in [1.165, 1.54) is 5.56 Å². The van der Waals surface area contributed by atoms with Crippen molar-refractivity contribution < 1.29 is 9.53 Å². The van der Waals surface area contributed by atoms with E-state index in [-0.39, 0.29) is 11.4 Å². The quantitative estimate of drug-likeness (QED) is 0.708. The van der Waals surface area contributed by atoms with Gasteiger partial charge in [0.25, 0.3) is 0 Å². The monoisotopic (exact) mass is 266 g/mol. The average Bonchev–Trinajstić information content (AvgIpc) is 2.36. The van der Waals surface area contributed by atoms with Crippen molar-refractivity contribution in [1.29, 1.82) is 0 Å². The SMILES string of the molecule is CC(=O)c1cc2cc(C)ccc2c2c1C=CC(C)(C)O2. The normalized spacial score (nSPS) is 15.8. The molecular weight excluding hydrogens is 248 g/mol. The molecular formula is C18H18O2. The molecule has 0 atom stereocenters. The zero-order valence-corrected chi connectivity index (χ0v) is 12.3. The van der Waals surface area contributed by atoms with Crippen molar-refractivity contribution in [2.24, 2.45) is 0 Å². The van der Waals surface area contributed by atoms with Gasteiger partial charge in [-0.3, -0.25) is 4.79 Å². The van der Waals surface area contributed by atoms with Crippen LogP contribution in [0.25, 0.3) is 16.8 Å². The second kappa shape index (κ2) is 4.20. The van der Waals surface area contributed by atoms with Gasteiger partial charge in [0.1, 0.15) is 11.4 Å². The number of carbonyl (C=O) groups excluding carboxylic acids is 1. The number of hydrogen-bond acceptors (Lipinski definition) is 2. The summed E-state index contributed by atoms with van der Waals surface area (Å²) in [5.41, 5.74) is 2.45. The Labute approximate surface area is 119 Å². The van der Waals surface area contributed by atoms with Gasteiger partial charge >= 0.3 is 0 Å². The molecule has 0 bridgehead atoms. The third-order valence-corrected chi connectivity index (χ3v) is 3.68. The molecule has 0 N–H and O–H groups in total. The predicted octanol–water partition coefficient (Wildman–Crippen LogP) is 4.54. The van der Waals surface area contributed by atoms with Crippen molar-refractivity contribution in [3.05, 3.63) is 47.0 Å². The van der Waals surface area contributed by atoms with Gasteiger partial charge in [-0.1, -0.05) is 29.8 Å². The first-order valence-electron chi connectivity index (χ1n) is 6.84. The average molecular weight is 266 g/mol. The molecule has 1 aliphatic rings. The molecule has 3 rings (SSSR count). The predicted molar refractivity (Wildman–Crippen MR) is 82.4 cm³/mol. The van der Waals surface area contributed by atoms with Crippen LogP contribution in [0.1, 0.15) is 42.3 Å².